The van der Waals surface area contributed by atoms with E-state index in [2.05, 4.69) is 78.3 Å². The molecule has 0 saturated heterocycles. The molecule has 9 nitrogen and oxygen atoms in total. The number of fused-ring (bicyclic) bond motifs is 1. The van der Waals surface area contributed by atoms with Crippen LogP contribution in [0.5, 0.6) is 0 Å². The molecule has 3 heterocycles. The van der Waals surface area contributed by atoms with E-state index in [1.165, 1.54) is 49.2 Å². The van der Waals surface area contributed by atoms with Gasteiger partial charge in [0.05, 0.1) is 19.0 Å². The maximum absolute atomic E-state index is 5.48. The minimum absolute atomic E-state index is 0.532. The second-order valence-electron chi connectivity index (χ2n) is 11.1. The number of imidazole rings is 1. The predicted molar refractivity (Wildman–Crippen MR) is 157 cm³/mol. The van der Waals surface area contributed by atoms with Gasteiger partial charge in [-0.2, -0.15) is 5.21 Å². The fourth-order valence-electron chi connectivity index (χ4n) is 6.34. The standard InChI is InChI=1S/C31H40N8O/c1-3-17-37-21-28-31(38(22-37)18-19-40-2)32-30(25-9-5-4-6-10-25)39(28)20-23-13-15-24(16-14-23)26-11-7-8-12-27(26)29-33-35-36-34-29/h7-8,11-16,25H,3-6,9-10,17-22H2,1-2H3,(H,33,34,35,36). The summed E-state index contributed by atoms with van der Waals surface area (Å²) in [5.74, 6) is 3.58. The van der Waals surface area contributed by atoms with E-state index in [0.29, 0.717) is 18.3 Å². The molecule has 2 aromatic heterocycles. The molecule has 2 aliphatic rings. The molecular weight excluding hydrogens is 500 g/mol. The van der Waals surface area contributed by atoms with E-state index in [1.807, 2.05) is 12.1 Å². The van der Waals surface area contributed by atoms with Gasteiger partial charge in [-0.15, -0.1) is 10.2 Å². The molecule has 1 aliphatic heterocycles. The van der Waals surface area contributed by atoms with Crippen LogP contribution in [0.25, 0.3) is 22.5 Å². The molecule has 1 N–H and O–H groups in total. The van der Waals surface area contributed by atoms with Crippen molar-refractivity contribution in [1.82, 2.24) is 35.1 Å². The van der Waals surface area contributed by atoms with Crippen molar-refractivity contribution in [2.24, 2.45) is 0 Å². The Labute approximate surface area is 236 Å². The minimum atomic E-state index is 0.532. The number of benzene rings is 2. The number of nitrogens with zero attached hydrogens (tertiary/aromatic N) is 7. The third-order valence-corrected chi connectivity index (χ3v) is 8.32. The number of aromatic nitrogens is 6. The van der Waals surface area contributed by atoms with Crippen molar-refractivity contribution in [3.63, 3.8) is 0 Å². The molecule has 2 aromatic carbocycles. The summed E-state index contributed by atoms with van der Waals surface area (Å²) >= 11 is 0. The Bertz CT molecular complexity index is 1380. The van der Waals surface area contributed by atoms with E-state index < -0.39 is 0 Å². The molecule has 40 heavy (non-hydrogen) atoms. The molecule has 9 heteroatoms. The average molecular weight is 541 g/mol. The van der Waals surface area contributed by atoms with Gasteiger partial charge in [-0.05, 0) is 47.7 Å². The fraction of sp³-hybridized carbons (Fsp3) is 0.484. The number of hydrogen-bond acceptors (Lipinski definition) is 7. The van der Waals surface area contributed by atoms with Gasteiger partial charge in [-0.1, -0.05) is 74.7 Å². The van der Waals surface area contributed by atoms with Gasteiger partial charge in [-0.25, -0.2) is 4.98 Å². The van der Waals surface area contributed by atoms with Crippen LogP contribution in [0.1, 0.15) is 68.4 Å². The van der Waals surface area contributed by atoms with Crippen molar-refractivity contribution in [1.29, 1.82) is 0 Å². The van der Waals surface area contributed by atoms with Crippen LogP contribution < -0.4 is 4.90 Å². The van der Waals surface area contributed by atoms with Crippen molar-refractivity contribution in [2.75, 3.05) is 38.4 Å². The van der Waals surface area contributed by atoms with Crippen molar-refractivity contribution in [3.05, 3.63) is 65.6 Å². The minimum Gasteiger partial charge on any atom is -0.383 e. The zero-order valence-electron chi connectivity index (χ0n) is 23.7. The molecule has 0 radical (unpaired) electrons. The summed E-state index contributed by atoms with van der Waals surface area (Å²) in [4.78, 5) is 10.4. The van der Waals surface area contributed by atoms with Gasteiger partial charge in [0.1, 0.15) is 5.82 Å². The number of H-pyrrole nitrogens is 1. The van der Waals surface area contributed by atoms with Gasteiger partial charge in [0.25, 0.3) is 0 Å². The first-order valence-corrected chi connectivity index (χ1v) is 14.7. The van der Waals surface area contributed by atoms with Gasteiger partial charge < -0.3 is 14.2 Å². The van der Waals surface area contributed by atoms with Crippen LogP contribution in [0.3, 0.4) is 0 Å². The summed E-state index contributed by atoms with van der Waals surface area (Å²) in [6.45, 7) is 7.61. The van der Waals surface area contributed by atoms with Crippen molar-refractivity contribution in [3.8, 4) is 22.5 Å². The number of ether oxygens (including phenoxy) is 1. The van der Waals surface area contributed by atoms with Gasteiger partial charge in [-0.3, -0.25) is 4.90 Å². The lowest BCUT2D eigenvalue weighted by Crippen LogP contribution is -2.44. The largest absolute Gasteiger partial charge is 0.383 e. The molecule has 0 spiro atoms. The third-order valence-electron chi connectivity index (χ3n) is 8.32. The van der Waals surface area contributed by atoms with Crippen molar-refractivity contribution < 1.29 is 4.74 Å². The van der Waals surface area contributed by atoms with E-state index in [1.54, 1.807) is 7.11 Å². The monoisotopic (exact) mass is 540 g/mol. The lowest BCUT2D eigenvalue weighted by Gasteiger charge is -2.36. The van der Waals surface area contributed by atoms with E-state index in [-0.39, 0.29) is 0 Å². The first kappa shape index (κ1) is 26.7. The van der Waals surface area contributed by atoms with Gasteiger partial charge >= 0.3 is 0 Å². The zero-order chi connectivity index (χ0) is 27.3. The Morgan fingerprint density at radius 3 is 2.50 bits per heavy atom. The highest BCUT2D eigenvalue weighted by molar-refractivity contribution is 5.80. The van der Waals surface area contributed by atoms with Crippen LogP contribution in [0.15, 0.2) is 48.5 Å². The van der Waals surface area contributed by atoms with Crippen LogP contribution >= 0.6 is 0 Å². The van der Waals surface area contributed by atoms with Crippen molar-refractivity contribution >= 4 is 5.82 Å². The topological polar surface area (TPSA) is 88.0 Å². The highest BCUT2D eigenvalue weighted by Gasteiger charge is 2.32. The molecule has 0 unspecified atom stereocenters. The molecule has 1 aliphatic carbocycles. The average Bonchev–Trinajstić information content (AvgIpc) is 3.66. The summed E-state index contributed by atoms with van der Waals surface area (Å²) < 4.78 is 8.03. The second-order valence-corrected chi connectivity index (χ2v) is 11.1. The van der Waals surface area contributed by atoms with Crippen LogP contribution in [-0.4, -0.2) is 68.6 Å². The maximum Gasteiger partial charge on any atom is 0.205 e. The Balaban J connectivity index is 1.34. The summed E-state index contributed by atoms with van der Waals surface area (Å²) in [5.41, 5.74) is 5.85. The molecular formula is C31H40N8O. The summed E-state index contributed by atoms with van der Waals surface area (Å²) in [5, 5.41) is 14.7. The zero-order valence-corrected chi connectivity index (χ0v) is 23.7. The normalized spacial score (nSPS) is 16.4. The van der Waals surface area contributed by atoms with Crippen LogP contribution in [0, 0.1) is 0 Å². The number of anilines is 1. The lowest BCUT2D eigenvalue weighted by molar-refractivity contribution is 0.190. The van der Waals surface area contributed by atoms with Gasteiger partial charge in [0.15, 0.2) is 5.82 Å². The number of nitrogens with one attached hydrogen (secondary N) is 1. The summed E-state index contributed by atoms with van der Waals surface area (Å²) in [6, 6.07) is 17.2. The predicted octanol–water partition coefficient (Wildman–Crippen LogP) is 5.46. The molecule has 1 saturated carbocycles. The summed E-state index contributed by atoms with van der Waals surface area (Å²) in [7, 11) is 1.78. The highest BCUT2D eigenvalue weighted by atomic mass is 16.5. The first-order valence-electron chi connectivity index (χ1n) is 14.7. The van der Waals surface area contributed by atoms with Gasteiger partial charge in [0.2, 0.25) is 5.82 Å². The number of rotatable bonds is 10. The van der Waals surface area contributed by atoms with E-state index >= 15 is 0 Å². The Hall–Kier alpha value is -3.56. The summed E-state index contributed by atoms with van der Waals surface area (Å²) in [6.07, 6.45) is 7.55. The number of tetrazole rings is 1. The number of methoxy groups -OCH3 is 1. The fourth-order valence-corrected chi connectivity index (χ4v) is 6.34. The van der Waals surface area contributed by atoms with Crippen LogP contribution in [-0.2, 0) is 17.8 Å². The molecule has 4 aromatic rings. The SMILES string of the molecule is CCCN1Cc2c(nc(C3CCCCC3)n2Cc2ccc(-c3ccccc3-c3nn[nH]n3)cc2)N(CCOC)C1. The van der Waals surface area contributed by atoms with E-state index in [4.69, 9.17) is 9.72 Å². The number of aromatic amines is 1. The molecule has 0 amide bonds. The lowest BCUT2D eigenvalue weighted by atomic mass is 9.88. The van der Waals surface area contributed by atoms with Crippen LogP contribution in [0.2, 0.25) is 0 Å². The molecule has 210 valence electrons. The van der Waals surface area contributed by atoms with E-state index in [0.717, 1.165) is 61.8 Å². The maximum atomic E-state index is 5.48. The van der Waals surface area contributed by atoms with Gasteiger partial charge in [0, 0.05) is 38.2 Å². The second kappa shape index (κ2) is 12.3. The van der Waals surface area contributed by atoms with Crippen molar-refractivity contribution in [2.45, 2.75) is 64.5 Å². The molecule has 0 bridgehead atoms. The Morgan fingerprint density at radius 1 is 0.975 bits per heavy atom. The quantitative estimate of drug-likeness (QED) is 0.286. The molecule has 6 rings (SSSR count). The molecule has 0 atom stereocenters. The van der Waals surface area contributed by atoms with Crippen LogP contribution in [0.4, 0.5) is 5.82 Å². The van der Waals surface area contributed by atoms with E-state index in [9.17, 15) is 0 Å². The number of hydrogen-bond donors (Lipinski definition) is 1. The Kier molecular flexibility index (Phi) is 8.20. The highest BCUT2D eigenvalue weighted by Crippen LogP contribution is 2.38. The first-order chi connectivity index (χ1) is 19.7. The smallest absolute Gasteiger partial charge is 0.205 e. The third kappa shape index (κ3) is 5.53. The Morgan fingerprint density at radius 2 is 1.77 bits per heavy atom. The molecule has 1 fully saturated rings.